The van der Waals surface area contributed by atoms with E-state index in [1.54, 1.807) is 45.0 Å². The summed E-state index contributed by atoms with van der Waals surface area (Å²) in [4.78, 5) is 36.0. The van der Waals surface area contributed by atoms with E-state index >= 15 is 0 Å². The number of para-hydroxylation sites is 1. The van der Waals surface area contributed by atoms with Crippen LogP contribution in [0.15, 0.2) is 24.3 Å². The molecule has 1 aromatic carbocycles. The Kier molecular flexibility index (Phi) is 4.49. The van der Waals surface area contributed by atoms with Crippen LogP contribution in [0.5, 0.6) is 0 Å². The normalized spacial score (nSPS) is 14.9. The Morgan fingerprint density at radius 3 is 2.45 bits per heavy atom. The van der Waals surface area contributed by atoms with E-state index in [4.69, 9.17) is 0 Å². The lowest BCUT2D eigenvalue weighted by Gasteiger charge is -2.21. The number of carbonyl (C=O) groups excluding carboxylic acids is 3. The van der Waals surface area contributed by atoms with E-state index in [1.807, 2.05) is 0 Å². The molecule has 1 saturated heterocycles. The summed E-state index contributed by atoms with van der Waals surface area (Å²) in [6.45, 7) is 5.91. The molecule has 0 atom stereocenters. The first-order valence-corrected chi connectivity index (χ1v) is 7.31. The molecule has 0 bridgehead atoms. The summed E-state index contributed by atoms with van der Waals surface area (Å²) in [6.07, 6.45) is 1.18. The lowest BCUT2D eigenvalue weighted by molar-refractivity contribution is -0.129. The molecule has 118 valence electrons. The Hall–Kier alpha value is -2.37. The number of benzene rings is 1. The van der Waals surface area contributed by atoms with Crippen molar-refractivity contribution < 1.29 is 14.4 Å². The lowest BCUT2D eigenvalue weighted by Crippen LogP contribution is -2.43. The van der Waals surface area contributed by atoms with Crippen LogP contribution < -0.4 is 10.7 Å². The average molecular weight is 303 g/mol. The van der Waals surface area contributed by atoms with Crippen LogP contribution in [0.3, 0.4) is 0 Å². The Balaban J connectivity index is 2.15. The van der Waals surface area contributed by atoms with Crippen molar-refractivity contribution in [2.24, 2.45) is 5.41 Å². The summed E-state index contributed by atoms with van der Waals surface area (Å²) >= 11 is 0. The number of anilines is 1. The Morgan fingerprint density at radius 2 is 1.86 bits per heavy atom. The molecular formula is C16H21N3O3. The smallest absolute Gasteiger partial charge is 0.271 e. The molecule has 0 aliphatic carbocycles. The average Bonchev–Trinajstić information content (AvgIpc) is 2.83. The van der Waals surface area contributed by atoms with Crippen LogP contribution in [0.4, 0.5) is 5.69 Å². The van der Waals surface area contributed by atoms with Crippen molar-refractivity contribution in [3.8, 4) is 0 Å². The van der Waals surface area contributed by atoms with Crippen LogP contribution in [-0.4, -0.2) is 29.3 Å². The van der Waals surface area contributed by atoms with E-state index in [9.17, 15) is 14.4 Å². The van der Waals surface area contributed by atoms with Crippen molar-refractivity contribution in [3.05, 3.63) is 29.8 Å². The number of carbonyl (C=O) groups is 3. The second-order valence-electron chi connectivity index (χ2n) is 6.34. The second kappa shape index (κ2) is 6.17. The van der Waals surface area contributed by atoms with Crippen molar-refractivity contribution in [2.45, 2.75) is 33.6 Å². The molecule has 3 amide bonds. The molecule has 6 nitrogen and oxygen atoms in total. The molecule has 1 aliphatic rings. The molecule has 22 heavy (non-hydrogen) atoms. The van der Waals surface area contributed by atoms with E-state index < -0.39 is 11.3 Å². The van der Waals surface area contributed by atoms with Gasteiger partial charge in [0, 0.05) is 18.4 Å². The van der Waals surface area contributed by atoms with Gasteiger partial charge in [0.25, 0.3) is 5.91 Å². The molecule has 0 radical (unpaired) electrons. The van der Waals surface area contributed by atoms with Crippen molar-refractivity contribution in [1.82, 2.24) is 10.4 Å². The highest BCUT2D eigenvalue weighted by Gasteiger charge is 2.25. The first kappa shape index (κ1) is 16.0. The van der Waals surface area contributed by atoms with Crippen LogP contribution >= 0.6 is 0 Å². The lowest BCUT2D eigenvalue weighted by atomic mass is 9.95. The monoisotopic (exact) mass is 303 g/mol. The molecule has 1 heterocycles. The molecule has 0 aromatic heterocycles. The van der Waals surface area contributed by atoms with Gasteiger partial charge in [-0.1, -0.05) is 32.9 Å². The highest BCUT2D eigenvalue weighted by Crippen LogP contribution is 2.21. The van der Waals surface area contributed by atoms with Crippen molar-refractivity contribution in [1.29, 1.82) is 0 Å². The van der Waals surface area contributed by atoms with Crippen molar-refractivity contribution >= 4 is 23.4 Å². The molecule has 2 N–H and O–H groups in total. The van der Waals surface area contributed by atoms with Crippen molar-refractivity contribution in [3.63, 3.8) is 0 Å². The first-order chi connectivity index (χ1) is 10.3. The topological polar surface area (TPSA) is 78.5 Å². The van der Waals surface area contributed by atoms with Gasteiger partial charge in [-0.15, -0.1) is 0 Å². The molecule has 0 spiro atoms. The number of hydrogen-bond donors (Lipinski definition) is 2. The number of amides is 3. The minimum atomic E-state index is -0.561. The van der Waals surface area contributed by atoms with Gasteiger partial charge in [-0.2, -0.15) is 0 Å². The quantitative estimate of drug-likeness (QED) is 0.895. The molecule has 1 fully saturated rings. The summed E-state index contributed by atoms with van der Waals surface area (Å²) in [5.74, 6) is -0.672. The summed E-state index contributed by atoms with van der Waals surface area (Å²) < 4.78 is 0. The zero-order valence-electron chi connectivity index (χ0n) is 13.1. The van der Waals surface area contributed by atoms with E-state index in [2.05, 4.69) is 10.7 Å². The number of hydrazine groups is 1. The molecular weight excluding hydrogens is 282 g/mol. The fraction of sp³-hybridized carbons (Fsp3) is 0.438. The minimum Gasteiger partial charge on any atom is -0.325 e. The fourth-order valence-electron chi connectivity index (χ4n) is 2.05. The zero-order valence-corrected chi connectivity index (χ0v) is 13.1. The maximum Gasteiger partial charge on any atom is 0.271 e. The maximum atomic E-state index is 12.3. The van der Waals surface area contributed by atoms with Crippen LogP contribution in [0, 0.1) is 5.41 Å². The van der Waals surface area contributed by atoms with Gasteiger partial charge in [-0.3, -0.25) is 24.8 Å². The van der Waals surface area contributed by atoms with Crippen LogP contribution in [0.25, 0.3) is 0 Å². The number of rotatable bonds is 3. The van der Waals surface area contributed by atoms with Gasteiger partial charge in [0.2, 0.25) is 11.8 Å². The Labute approximate surface area is 129 Å². The van der Waals surface area contributed by atoms with Gasteiger partial charge in [0.05, 0.1) is 11.3 Å². The molecule has 6 heteroatoms. The maximum absolute atomic E-state index is 12.3. The van der Waals surface area contributed by atoms with E-state index in [1.165, 1.54) is 5.01 Å². The standard InChI is InChI=1S/C16H21N3O3/c1-16(2,3)15(22)17-12-8-5-4-7-11(12)14(21)18-19-10-6-9-13(19)20/h4-5,7-8H,6,9-10H2,1-3H3,(H,17,22)(H,18,21). The van der Waals surface area contributed by atoms with Crippen LogP contribution in [-0.2, 0) is 9.59 Å². The van der Waals surface area contributed by atoms with Crippen LogP contribution in [0.1, 0.15) is 44.0 Å². The largest absolute Gasteiger partial charge is 0.325 e. The van der Waals surface area contributed by atoms with Gasteiger partial charge < -0.3 is 5.32 Å². The SMILES string of the molecule is CC(C)(C)C(=O)Nc1ccccc1C(=O)NN1CCCC1=O. The molecule has 1 aromatic rings. The van der Waals surface area contributed by atoms with Gasteiger partial charge in [0.15, 0.2) is 0 Å². The predicted octanol–water partition coefficient (Wildman–Crippen LogP) is 1.94. The third kappa shape index (κ3) is 3.63. The Morgan fingerprint density at radius 1 is 1.18 bits per heavy atom. The summed E-state index contributed by atoms with van der Waals surface area (Å²) in [6, 6.07) is 6.75. The third-order valence-corrected chi connectivity index (χ3v) is 3.41. The molecule has 0 unspecified atom stereocenters. The summed E-state index contributed by atoms with van der Waals surface area (Å²) in [7, 11) is 0. The predicted molar refractivity (Wildman–Crippen MR) is 82.9 cm³/mol. The van der Waals surface area contributed by atoms with Gasteiger partial charge in [-0.05, 0) is 18.6 Å². The summed E-state index contributed by atoms with van der Waals surface area (Å²) in [5.41, 5.74) is 2.80. The van der Waals surface area contributed by atoms with Gasteiger partial charge in [0.1, 0.15) is 0 Å². The third-order valence-electron chi connectivity index (χ3n) is 3.41. The zero-order chi connectivity index (χ0) is 16.3. The molecule has 2 rings (SSSR count). The van der Waals surface area contributed by atoms with E-state index in [0.717, 1.165) is 6.42 Å². The Bertz CT molecular complexity index is 605. The highest BCUT2D eigenvalue weighted by molar-refractivity contribution is 6.05. The fourth-order valence-corrected chi connectivity index (χ4v) is 2.05. The van der Waals surface area contributed by atoms with E-state index in [0.29, 0.717) is 24.2 Å². The summed E-state index contributed by atoms with van der Waals surface area (Å²) in [5, 5.41) is 4.09. The number of hydrogen-bond acceptors (Lipinski definition) is 3. The first-order valence-electron chi connectivity index (χ1n) is 7.31. The van der Waals surface area contributed by atoms with Crippen molar-refractivity contribution in [2.75, 3.05) is 11.9 Å². The number of nitrogens with one attached hydrogen (secondary N) is 2. The minimum absolute atomic E-state index is 0.0930. The van der Waals surface area contributed by atoms with Gasteiger partial charge in [-0.25, -0.2) is 0 Å². The van der Waals surface area contributed by atoms with E-state index in [-0.39, 0.29) is 11.8 Å². The molecule has 0 saturated carbocycles. The second-order valence-corrected chi connectivity index (χ2v) is 6.34. The highest BCUT2D eigenvalue weighted by atomic mass is 16.2. The molecule has 1 aliphatic heterocycles. The number of nitrogens with zero attached hydrogens (tertiary/aromatic N) is 1. The van der Waals surface area contributed by atoms with Crippen LogP contribution in [0.2, 0.25) is 0 Å². The van der Waals surface area contributed by atoms with Gasteiger partial charge >= 0.3 is 0 Å².